The smallest absolute Gasteiger partial charge is 0.315 e. The molecule has 0 heterocycles. The number of carboxylic acids is 1. The molecule has 7 heteroatoms. The number of urea groups is 1. The van der Waals surface area contributed by atoms with Gasteiger partial charge in [0.25, 0.3) is 0 Å². The monoisotopic (exact) mass is 332 g/mol. The summed E-state index contributed by atoms with van der Waals surface area (Å²) in [5.74, 6) is -0.978. The number of carbonyl (C=O) groups is 2. The fourth-order valence-corrected chi connectivity index (χ4v) is 2.46. The van der Waals surface area contributed by atoms with E-state index in [9.17, 15) is 9.59 Å². The second-order valence-corrected chi connectivity index (χ2v) is 6.28. The maximum absolute atomic E-state index is 11.9. The number of nitrogens with one attached hydrogen (secondary N) is 2. The van der Waals surface area contributed by atoms with Crippen LogP contribution in [0, 0.1) is 0 Å². The Balaban J connectivity index is 2.68. The molecule has 0 aliphatic carbocycles. The van der Waals surface area contributed by atoms with Gasteiger partial charge in [-0.25, -0.2) is 4.79 Å². The molecule has 0 bridgehead atoms. The lowest BCUT2D eigenvalue weighted by atomic mass is 10.0. The average molecular weight is 333 g/mol. The highest BCUT2D eigenvalue weighted by Gasteiger charge is 2.24. The summed E-state index contributed by atoms with van der Waals surface area (Å²) in [5, 5.41) is 15.1. The van der Waals surface area contributed by atoms with E-state index in [0.29, 0.717) is 10.0 Å². The number of halogens is 2. The number of carbonyl (C=O) groups excluding carboxylic acids is 1. The van der Waals surface area contributed by atoms with Crippen molar-refractivity contribution in [2.45, 2.75) is 38.8 Å². The number of carboxylic acid groups (broad SMARTS) is 1. The van der Waals surface area contributed by atoms with Crippen molar-refractivity contribution in [1.29, 1.82) is 0 Å². The van der Waals surface area contributed by atoms with Gasteiger partial charge in [0.15, 0.2) is 0 Å². The SMILES string of the molecule is CC(NC(=O)NC(C)(C)CC(=O)O)c1ccc(Cl)cc1Cl. The molecule has 1 aromatic rings. The molecule has 1 atom stereocenters. The van der Waals surface area contributed by atoms with Crippen LogP contribution in [0.5, 0.6) is 0 Å². The molecule has 0 fully saturated rings. The maximum Gasteiger partial charge on any atom is 0.315 e. The Labute approximate surface area is 133 Å². The van der Waals surface area contributed by atoms with Crippen LogP contribution < -0.4 is 10.6 Å². The number of benzene rings is 1. The quantitative estimate of drug-likeness (QED) is 0.770. The number of rotatable bonds is 5. The molecule has 5 nitrogen and oxygen atoms in total. The van der Waals surface area contributed by atoms with Crippen molar-refractivity contribution < 1.29 is 14.7 Å². The maximum atomic E-state index is 11.9. The summed E-state index contributed by atoms with van der Waals surface area (Å²) in [5.41, 5.74) is -0.119. The fourth-order valence-electron chi connectivity index (χ4n) is 1.89. The first kappa shape index (κ1) is 17.6. The molecule has 1 rings (SSSR count). The van der Waals surface area contributed by atoms with Gasteiger partial charge in [0.05, 0.1) is 12.5 Å². The third-order valence-electron chi connectivity index (χ3n) is 2.82. The van der Waals surface area contributed by atoms with Gasteiger partial charge in [-0.15, -0.1) is 0 Å². The third-order valence-corrected chi connectivity index (χ3v) is 3.38. The van der Waals surface area contributed by atoms with Crippen LogP contribution in [0.25, 0.3) is 0 Å². The molecule has 2 amide bonds. The molecule has 1 unspecified atom stereocenters. The zero-order valence-electron chi connectivity index (χ0n) is 12.0. The first-order valence-electron chi connectivity index (χ1n) is 6.36. The summed E-state index contributed by atoms with van der Waals surface area (Å²) in [6.07, 6.45) is -0.170. The van der Waals surface area contributed by atoms with Crippen molar-refractivity contribution in [2.24, 2.45) is 0 Å². The van der Waals surface area contributed by atoms with Crippen LogP contribution in [-0.2, 0) is 4.79 Å². The predicted octanol–water partition coefficient (Wildman–Crippen LogP) is 3.61. The minimum atomic E-state index is -0.978. The van der Waals surface area contributed by atoms with E-state index in [2.05, 4.69) is 10.6 Å². The van der Waals surface area contributed by atoms with Gasteiger partial charge >= 0.3 is 12.0 Å². The van der Waals surface area contributed by atoms with E-state index in [-0.39, 0.29) is 12.5 Å². The van der Waals surface area contributed by atoms with Gasteiger partial charge in [-0.3, -0.25) is 4.79 Å². The standard InChI is InChI=1S/C14H18Cl2N2O3/c1-8(10-5-4-9(15)6-11(10)16)17-13(21)18-14(2,3)7-12(19)20/h4-6,8H,7H2,1-3H3,(H,19,20)(H2,17,18,21). The van der Waals surface area contributed by atoms with E-state index < -0.39 is 17.5 Å². The van der Waals surface area contributed by atoms with Gasteiger partial charge in [0.1, 0.15) is 0 Å². The van der Waals surface area contributed by atoms with Crippen LogP contribution in [0.15, 0.2) is 18.2 Å². The molecule has 3 N–H and O–H groups in total. The van der Waals surface area contributed by atoms with Crippen LogP contribution in [0.3, 0.4) is 0 Å². The summed E-state index contributed by atoms with van der Waals surface area (Å²) in [4.78, 5) is 22.6. The summed E-state index contributed by atoms with van der Waals surface area (Å²) in [7, 11) is 0. The van der Waals surface area contributed by atoms with Gasteiger partial charge in [0.2, 0.25) is 0 Å². The highest BCUT2D eigenvalue weighted by Crippen LogP contribution is 2.26. The van der Waals surface area contributed by atoms with Gasteiger partial charge in [-0.1, -0.05) is 29.3 Å². The number of hydrogen-bond acceptors (Lipinski definition) is 2. The van der Waals surface area contributed by atoms with Crippen molar-refractivity contribution in [3.63, 3.8) is 0 Å². The van der Waals surface area contributed by atoms with E-state index in [0.717, 1.165) is 5.56 Å². The molecule has 0 saturated heterocycles. The minimum Gasteiger partial charge on any atom is -0.481 e. The molecule has 0 radical (unpaired) electrons. The second kappa shape index (κ2) is 7.00. The van der Waals surface area contributed by atoms with Gasteiger partial charge in [-0.05, 0) is 38.5 Å². The molecule has 21 heavy (non-hydrogen) atoms. The Morgan fingerprint density at radius 3 is 2.48 bits per heavy atom. The predicted molar refractivity (Wildman–Crippen MR) is 82.9 cm³/mol. The Morgan fingerprint density at radius 1 is 1.33 bits per heavy atom. The van der Waals surface area contributed by atoms with Crippen molar-refractivity contribution in [3.05, 3.63) is 33.8 Å². The first-order chi connectivity index (χ1) is 9.60. The summed E-state index contributed by atoms with van der Waals surface area (Å²) < 4.78 is 0. The second-order valence-electron chi connectivity index (χ2n) is 5.44. The fraction of sp³-hybridized carbons (Fsp3) is 0.429. The molecule has 0 aromatic heterocycles. The van der Waals surface area contributed by atoms with Crippen LogP contribution in [0.2, 0.25) is 10.0 Å². The summed E-state index contributed by atoms with van der Waals surface area (Å²) in [6, 6.07) is 4.23. The molecule has 0 saturated carbocycles. The molecular weight excluding hydrogens is 315 g/mol. The van der Waals surface area contributed by atoms with E-state index >= 15 is 0 Å². The highest BCUT2D eigenvalue weighted by molar-refractivity contribution is 6.35. The summed E-state index contributed by atoms with van der Waals surface area (Å²) >= 11 is 11.9. The Morgan fingerprint density at radius 2 is 1.95 bits per heavy atom. The molecule has 1 aromatic carbocycles. The third kappa shape index (κ3) is 5.81. The lowest BCUT2D eigenvalue weighted by Gasteiger charge is -2.26. The van der Waals surface area contributed by atoms with Crippen molar-refractivity contribution >= 4 is 35.2 Å². The van der Waals surface area contributed by atoms with Gasteiger partial charge in [0, 0.05) is 15.6 Å². The topological polar surface area (TPSA) is 78.4 Å². The lowest BCUT2D eigenvalue weighted by molar-refractivity contribution is -0.138. The van der Waals surface area contributed by atoms with Crippen LogP contribution in [0.1, 0.15) is 38.8 Å². The zero-order valence-corrected chi connectivity index (χ0v) is 13.5. The van der Waals surface area contributed by atoms with Crippen molar-refractivity contribution in [1.82, 2.24) is 10.6 Å². The minimum absolute atomic E-state index is 0.170. The molecule has 116 valence electrons. The van der Waals surface area contributed by atoms with E-state index in [1.54, 1.807) is 39.0 Å². The van der Waals surface area contributed by atoms with Gasteiger partial charge < -0.3 is 15.7 Å². The van der Waals surface area contributed by atoms with Crippen LogP contribution >= 0.6 is 23.2 Å². The van der Waals surface area contributed by atoms with Crippen molar-refractivity contribution in [2.75, 3.05) is 0 Å². The van der Waals surface area contributed by atoms with E-state index in [4.69, 9.17) is 28.3 Å². The zero-order chi connectivity index (χ0) is 16.2. The Kier molecular flexibility index (Phi) is 5.87. The van der Waals surface area contributed by atoms with E-state index in [1.807, 2.05) is 0 Å². The van der Waals surface area contributed by atoms with Crippen molar-refractivity contribution in [3.8, 4) is 0 Å². The normalized spacial score (nSPS) is 12.6. The number of aliphatic carboxylic acids is 1. The average Bonchev–Trinajstić information content (AvgIpc) is 2.24. The largest absolute Gasteiger partial charge is 0.481 e. The molecular formula is C14H18Cl2N2O3. The number of amides is 2. The van der Waals surface area contributed by atoms with Crippen LogP contribution in [-0.4, -0.2) is 22.6 Å². The Bertz CT molecular complexity index is 547. The van der Waals surface area contributed by atoms with Crippen LogP contribution in [0.4, 0.5) is 4.79 Å². The Hall–Kier alpha value is -1.46. The molecule has 0 spiro atoms. The molecule has 0 aliphatic heterocycles. The van der Waals surface area contributed by atoms with E-state index in [1.165, 1.54) is 0 Å². The molecule has 0 aliphatic rings. The van der Waals surface area contributed by atoms with Gasteiger partial charge in [-0.2, -0.15) is 0 Å². The lowest BCUT2D eigenvalue weighted by Crippen LogP contribution is -2.49. The number of hydrogen-bond donors (Lipinski definition) is 3. The highest BCUT2D eigenvalue weighted by atomic mass is 35.5. The summed E-state index contributed by atoms with van der Waals surface area (Å²) in [6.45, 7) is 5.06. The first-order valence-corrected chi connectivity index (χ1v) is 7.12.